The summed E-state index contributed by atoms with van der Waals surface area (Å²) in [4.78, 5) is 19.6. The zero-order valence-corrected chi connectivity index (χ0v) is 12.0. The van der Waals surface area contributed by atoms with Gasteiger partial charge < -0.3 is 10.5 Å². The summed E-state index contributed by atoms with van der Waals surface area (Å²) in [6, 6.07) is 3.37. The molecule has 2 aromatic rings. The van der Waals surface area contributed by atoms with Gasteiger partial charge in [-0.3, -0.25) is 0 Å². The molecule has 21 heavy (non-hydrogen) atoms. The van der Waals surface area contributed by atoms with Gasteiger partial charge in [0.15, 0.2) is 24.6 Å². The summed E-state index contributed by atoms with van der Waals surface area (Å²) in [7, 11) is 1.38. The molecule has 0 aliphatic heterocycles. The van der Waals surface area contributed by atoms with Gasteiger partial charge in [0.1, 0.15) is 6.20 Å². The Morgan fingerprint density at radius 2 is 2.19 bits per heavy atom. The second-order valence-corrected chi connectivity index (χ2v) is 4.61. The van der Waals surface area contributed by atoms with Crippen molar-refractivity contribution in [1.29, 1.82) is 0 Å². The maximum absolute atomic E-state index is 11.2. The molecular weight excluding hydrogens is 270 g/mol. The molecule has 0 aromatic carbocycles. The third kappa shape index (κ3) is 4.28. The van der Waals surface area contributed by atoms with Gasteiger partial charge in [0.25, 0.3) is 0 Å². The third-order valence-corrected chi connectivity index (χ3v) is 3.07. The summed E-state index contributed by atoms with van der Waals surface area (Å²) in [6.45, 7) is 0.721. The summed E-state index contributed by atoms with van der Waals surface area (Å²) < 4.78 is 6.46. The predicted molar refractivity (Wildman–Crippen MR) is 73.4 cm³/mol. The number of aryl methyl sites for hydroxylation is 1. The fourth-order valence-electron chi connectivity index (χ4n) is 1.88. The molecule has 7 nitrogen and oxygen atoms in total. The van der Waals surface area contributed by atoms with Gasteiger partial charge in [-0.1, -0.05) is 4.68 Å². The van der Waals surface area contributed by atoms with Gasteiger partial charge in [-0.2, -0.15) is 0 Å². The van der Waals surface area contributed by atoms with Crippen molar-refractivity contribution >= 4 is 5.97 Å². The van der Waals surface area contributed by atoms with E-state index in [1.807, 2.05) is 16.9 Å². The molecule has 0 saturated carbocycles. The maximum Gasteiger partial charge on any atom is 0.364 e. The van der Waals surface area contributed by atoms with Crippen LogP contribution < -0.4 is 10.4 Å². The molecule has 2 heterocycles. The molecule has 0 aliphatic rings. The molecule has 0 bridgehead atoms. The molecule has 0 amide bonds. The normalized spacial score (nSPS) is 11.9. The van der Waals surface area contributed by atoms with Crippen molar-refractivity contribution in [2.45, 2.75) is 25.4 Å². The van der Waals surface area contributed by atoms with Gasteiger partial charge in [0.05, 0.1) is 7.11 Å². The topological polar surface area (TPSA) is 96.5 Å². The Morgan fingerprint density at radius 1 is 1.43 bits per heavy atom. The van der Waals surface area contributed by atoms with Gasteiger partial charge in [-0.15, -0.1) is 0 Å². The molecule has 0 unspecified atom stereocenters. The third-order valence-electron chi connectivity index (χ3n) is 3.07. The monoisotopic (exact) mass is 289 g/mol. The Labute approximate surface area is 122 Å². The van der Waals surface area contributed by atoms with Gasteiger partial charge in [-0.25, -0.2) is 14.8 Å². The van der Waals surface area contributed by atoms with Crippen LogP contribution in [0, 0.1) is 0 Å². The molecule has 0 fully saturated rings. The number of ether oxygens (including phenoxy) is 1. The van der Waals surface area contributed by atoms with Crippen LogP contribution in [-0.4, -0.2) is 34.2 Å². The second-order valence-electron chi connectivity index (χ2n) is 4.61. The zero-order chi connectivity index (χ0) is 15.1. The van der Waals surface area contributed by atoms with Gasteiger partial charge in [-0.05, 0) is 11.2 Å². The van der Waals surface area contributed by atoms with Gasteiger partial charge in [0.2, 0.25) is 0 Å². The van der Waals surface area contributed by atoms with Crippen LogP contribution in [0.25, 0.3) is 11.4 Å². The second kappa shape index (κ2) is 7.39. The summed E-state index contributed by atoms with van der Waals surface area (Å²) in [5.74, 6) is 0.380. The Hall–Kier alpha value is -2.41. The molecule has 7 heteroatoms. The van der Waals surface area contributed by atoms with E-state index < -0.39 is 0 Å². The molecule has 0 aliphatic carbocycles. The van der Waals surface area contributed by atoms with Crippen molar-refractivity contribution in [2.75, 3.05) is 7.11 Å². The average Bonchev–Trinajstić information content (AvgIpc) is 2.55. The van der Waals surface area contributed by atoms with Crippen molar-refractivity contribution in [2.24, 2.45) is 0 Å². The van der Waals surface area contributed by atoms with Crippen molar-refractivity contribution in [3.8, 4) is 11.4 Å². The minimum atomic E-state index is -0.326. The minimum Gasteiger partial charge on any atom is -0.465 e. The van der Waals surface area contributed by atoms with Crippen molar-refractivity contribution < 1.29 is 19.9 Å². The summed E-state index contributed by atoms with van der Waals surface area (Å²) in [5, 5.41) is 4.32. The molecule has 0 radical (unpaired) electrons. The van der Waals surface area contributed by atoms with Crippen LogP contribution in [0.4, 0.5) is 0 Å². The first kappa shape index (κ1) is 15.0. The van der Waals surface area contributed by atoms with E-state index in [1.165, 1.54) is 7.11 Å². The van der Waals surface area contributed by atoms with E-state index in [0.29, 0.717) is 12.2 Å². The van der Waals surface area contributed by atoms with Crippen LogP contribution in [0.1, 0.15) is 12.8 Å². The smallest absolute Gasteiger partial charge is 0.364 e. The van der Waals surface area contributed by atoms with Crippen LogP contribution in [0.5, 0.6) is 0 Å². The van der Waals surface area contributed by atoms with E-state index in [1.54, 1.807) is 24.7 Å². The first-order valence-corrected chi connectivity index (χ1v) is 6.75. The fraction of sp³-hybridized carbons (Fsp3) is 0.357. The molecule has 2 rings (SSSR count). The van der Waals surface area contributed by atoms with E-state index in [-0.39, 0.29) is 12.0 Å². The van der Waals surface area contributed by atoms with Crippen LogP contribution >= 0.6 is 0 Å². The highest BCUT2D eigenvalue weighted by atomic mass is 16.5. The summed E-state index contributed by atoms with van der Waals surface area (Å²) in [5.41, 5.74) is 4.64. The highest BCUT2D eigenvalue weighted by molar-refractivity contribution is 5.73. The SMILES string of the molecule is COC(=O)[C@@H]([NH3+])CCC[n+]1ccc(-c2ncccn2)cn1. The maximum atomic E-state index is 11.2. The number of hydrogen-bond acceptors (Lipinski definition) is 5. The lowest BCUT2D eigenvalue weighted by Crippen LogP contribution is -2.65. The lowest BCUT2D eigenvalue weighted by atomic mass is 10.2. The fourth-order valence-corrected chi connectivity index (χ4v) is 1.88. The molecule has 1 atom stereocenters. The Bertz CT molecular complexity index is 574. The van der Waals surface area contributed by atoms with Crippen molar-refractivity contribution in [3.05, 3.63) is 36.9 Å². The molecule has 2 aromatic heterocycles. The number of rotatable bonds is 6. The predicted octanol–water partition coefficient (Wildman–Crippen LogP) is -0.610. The van der Waals surface area contributed by atoms with E-state index in [4.69, 9.17) is 0 Å². The largest absolute Gasteiger partial charge is 0.465 e. The standard InChI is InChI=1S/C14H18N5O2/c1-21-14(20)12(15)4-2-8-19-9-5-11(10-18-19)13-16-6-3-7-17-13/h3,5-7,9-10,12H,2,4,8,15H2,1H3/q+1/p+1/t12-/m0/s1. The minimum absolute atomic E-state index is 0.274. The van der Waals surface area contributed by atoms with E-state index in [0.717, 1.165) is 18.5 Å². The van der Waals surface area contributed by atoms with E-state index in [2.05, 4.69) is 25.5 Å². The number of nitrogens with zero attached hydrogens (tertiary/aromatic N) is 4. The highest BCUT2D eigenvalue weighted by Gasteiger charge is 2.18. The molecule has 0 spiro atoms. The number of quaternary nitrogens is 1. The zero-order valence-electron chi connectivity index (χ0n) is 12.0. The van der Waals surface area contributed by atoms with Gasteiger partial charge >= 0.3 is 5.97 Å². The van der Waals surface area contributed by atoms with Crippen LogP contribution in [-0.2, 0) is 16.1 Å². The molecule has 0 saturated heterocycles. The number of hydrogen-bond donors (Lipinski definition) is 1. The first-order valence-electron chi connectivity index (χ1n) is 6.75. The van der Waals surface area contributed by atoms with Crippen LogP contribution in [0.3, 0.4) is 0 Å². The lowest BCUT2D eigenvalue weighted by Gasteiger charge is -2.03. The first-order chi connectivity index (χ1) is 10.2. The Morgan fingerprint density at radius 3 is 2.81 bits per heavy atom. The van der Waals surface area contributed by atoms with Crippen LogP contribution in [0.15, 0.2) is 36.9 Å². The number of carbonyl (C=O) groups is 1. The number of aromatic nitrogens is 4. The van der Waals surface area contributed by atoms with E-state index in [9.17, 15) is 4.79 Å². The number of methoxy groups -OCH3 is 1. The van der Waals surface area contributed by atoms with Crippen molar-refractivity contribution in [1.82, 2.24) is 15.1 Å². The highest BCUT2D eigenvalue weighted by Crippen LogP contribution is 2.09. The van der Waals surface area contributed by atoms with Crippen molar-refractivity contribution in [3.63, 3.8) is 0 Å². The average molecular weight is 289 g/mol. The van der Waals surface area contributed by atoms with Crippen LogP contribution in [0.2, 0.25) is 0 Å². The molecule has 110 valence electrons. The quantitative estimate of drug-likeness (QED) is 0.565. The summed E-state index contributed by atoms with van der Waals surface area (Å²) >= 11 is 0. The number of carbonyl (C=O) groups excluding carboxylic acids is 1. The molecule has 3 N–H and O–H groups in total. The van der Waals surface area contributed by atoms with E-state index >= 15 is 0 Å². The number of esters is 1. The Kier molecular flexibility index (Phi) is 5.28. The summed E-state index contributed by atoms with van der Waals surface area (Å²) in [6.07, 6.45) is 8.49. The Balaban J connectivity index is 1.87. The molecular formula is C14H19N5O2+2. The van der Waals surface area contributed by atoms with Gasteiger partial charge in [0, 0.05) is 36.9 Å². The lowest BCUT2D eigenvalue weighted by molar-refractivity contribution is -0.754.